The molecule has 0 fully saturated rings. The molecule has 10 N–H and O–H groups in total. The van der Waals surface area contributed by atoms with Crippen LogP contribution in [0, 0.1) is 0 Å². The number of carboxylic acids is 4. The average molecular weight is 569 g/mol. The number of hydrogen-bond donors (Lipinski definition) is 9. The molecule has 0 aliphatic carbocycles. The van der Waals surface area contributed by atoms with Gasteiger partial charge < -0.3 is 47.2 Å². The summed E-state index contributed by atoms with van der Waals surface area (Å²) < 4.78 is 0. The normalized spacial score (nSPS) is 13.6. The summed E-state index contributed by atoms with van der Waals surface area (Å²) >= 11 is 0. The van der Waals surface area contributed by atoms with Crippen molar-refractivity contribution in [2.45, 2.75) is 69.1 Å². The Morgan fingerprint density at radius 1 is 0.625 bits per heavy atom. The number of amides is 3. The molecule has 0 saturated heterocycles. The van der Waals surface area contributed by atoms with Crippen molar-refractivity contribution in [2.24, 2.45) is 5.73 Å². The number of nitrogens with one attached hydrogen (secondary N) is 3. The molecule has 0 aliphatic rings. The highest BCUT2D eigenvalue weighted by Crippen LogP contribution is 2.11. The molecule has 16 heteroatoms. The van der Waals surface area contributed by atoms with Gasteiger partial charge in [-0.25, -0.2) is 4.79 Å². The largest absolute Gasteiger partial charge is 0.508 e. The van der Waals surface area contributed by atoms with Crippen LogP contribution in [0.2, 0.25) is 0 Å². The molecule has 16 nitrogen and oxygen atoms in total. The number of aliphatic carboxylic acids is 4. The van der Waals surface area contributed by atoms with Gasteiger partial charge in [0.05, 0.1) is 6.04 Å². The SMILES string of the molecule is NC(Cc1ccc(O)cc1)C(=O)NC(CCC(=O)O)C(=O)NC(CCC(=O)O)C(=O)NC(CCC(=O)O)C(=O)O. The molecule has 0 heterocycles. The lowest BCUT2D eigenvalue weighted by molar-refractivity contribution is -0.144. The summed E-state index contributed by atoms with van der Waals surface area (Å²) in [4.78, 5) is 82.8. The van der Waals surface area contributed by atoms with Gasteiger partial charge in [-0.3, -0.25) is 28.8 Å². The maximum atomic E-state index is 13.0. The quantitative estimate of drug-likeness (QED) is 0.0965. The third-order valence-corrected chi connectivity index (χ3v) is 5.55. The van der Waals surface area contributed by atoms with E-state index in [2.05, 4.69) is 16.0 Å². The minimum Gasteiger partial charge on any atom is -0.508 e. The smallest absolute Gasteiger partial charge is 0.326 e. The van der Waals surface area contributed by atoms with E-state index >= 15 is 0 Å². The molecule has 3 amide bonds. The standard InChI is InChI=1S/C24H32N4O12/c25-14(11-12-1-3-13(29)4-2-12)21(36)26-15(5-8-18(30)31)22(37)27-16(6-9-19(32)33)23(38)28-17(24(39)40)7-10-20(34)35/h1-4,14-17,29H,5-11,25H2,(H,26,36)(H,27,37)(H,28,38)(H,30,31)(H,32,33)(H,34,35)(H,39,40). The summed E-state index contributed by atoms with van der Waals surface area (Å²) in [6, 6.07) is -0.200. The molecule has 0 bridgehead atoms. The molecule has 0 saturated carbocycles. The van der Waals surface area contributed by atoms with Crippen LogP contribution in [0.5, 0.6) is 5.75 Å². The van der Waals surface area contributed by atoms with E-state index in [1.54, 1.807) is 0 Å². The van der Waals surface area contributed by atoms with Gasteiger partial charge in [-0.1, -0.05) is 12.1 Å². The summed E-state index contributed by atoms with van der Waals surface area (Å²) in [5, 5.41) is 52.1. The summed E-state index contributed by atoms with van der Waals surface area (Å²) in [6.45, 7) is 0. The number of benzene rings is 1. The molecule has 0 aliphatic heterocycles. The fraction of sp³-hybridized carbons (Fsp3) is 0.458. The van der Waals surface area contributed by atoms with Crippen LogP contribution in [-0.4, -0.2) is 91.3 Å². The van der Waals surface area contributed by atoms with E-state index in [4.69, 9.17) is 21.1 Å². The van der Waals surface area contributed by atoms with Gasteiger partial charge in [-0.15, -0.1) is 0 Å². The number of hydrogen-bond acceptors (Lipinski definition) is 9. The topological polar surface area (TPSA) is 283 Å². The molecule has 0 aromatic heterocycles. The Hall–Kier alpha value is -4.73. The highest BCUT2D eigenvalue weighted by molar-refractivity contribution is 5.94. The molecule has 1 rings (SSSR count). The highest BCUT2D eigenvalue weighted by Gasteiger charge is 2.31. The van der Waals surface area contributed by atoms with Crippen molar-refractivity contribution in [3.05, 3.63) is 29.8 Å². The minimum absolute atomic E-state index is 0.00402. The molecule has 1 aromatic carbocycles. The van der Waals surface area contributed by atoms with Crippen LogP contribution in [-0.2, 0) is 40.0 Å². The lowest BCUT2D eigenvalue weighted by atomic mass is 10.0. The Bertz CT molecular complexity index is 1090. The first-order valence-corrected chi connectivity index (χ1v) is 12.0. The van der Waals surface area contributed by atoms with E-state index < -0.39 is 104 Å². The molecule has 40 heavy (non-hydrogen) atoms. The third kappa shape index (κ3) is 12.7. The molecule has 4 atom stereocenters. The van der Waals surface area contributed by atoms with Crippen molar-refractivity contribution < 1.29 is 59.1 Å². The highest BCUT2D eigenvalue weighted by atomic mass is 16.4. The van der Waals surface area contributed by atoms with Gasteiger partial charge in [-0.2, -0.15) is 0 Å². The Balaban J connectivity index is 3.04. The van der Waals surface area contributed by atoms with Gasteiger partial charge in [0, 0.05) is 19.3 Å². The molecule has 4 unspecified atom stereocenters. The summed E-state index contributed by atoms with van der Waals surface area (Å²) in [5.41, 5.74) is 6.48. The molecule has 220 valence electrons. The zero-order valence-electron chi connectivity index (χ0n) is 21.2. The second-order valence-corrected chi connectivity index (χ2v) is 8.80. The molecular weight excluding hydrogens is 536 g/mol. The van der Waals surface area contributed by atoms with E-state index in [1.165, 1.54) is 24.3 Å². The van der Waals surface area contributed by atoms with Crippen LogP contribution in [0.25, 0.3) is 0 Å². The zero-order valence-corrected chi connectivity index (χ0v) is 21.2. The number of aromatic hydroxyl groups is 1. The van der Waals surface area contributed by atoms with Crippen LogP contribution in [0.1, 0.15) is 44.1 Å². The van der Waals surface area contributed by atoms with Crippen LogP contribution < -0.4 is 21.7 Å². The first kappa shape index (κ1) is 33.3. The van der Waals surface area contributed by atoms with Crippen molar-refractivity contribution in [3.63, 3.8) is 0 Å². The third-order valence-electron chi connectivity index (χ3n) is 5.55. The number of carbonyl (C=O) groups is 7. The number of phenolic OH excluding ortho intramolecular Hbond substituents is 1. The molecule has 0 radical (unpaired) electrons. The van der Waals surface area contributed by atoms with Gasteiger partial charge in [0.2, 0.25) is 17.7 Å². The summed E-state index contributed by atoms with van der Waals surface area (Å²) in [6.07, 6.45) is -3.23. The van der Waals surface area contributed by atoms with Crippen molar-refractivity contribution in [1.82, 2.24) is 16.0 Å². The van der Waals surface area contributed by atoms with Gasteiger partial charge in [0.15, 0.2) is 0 Å². The zero-order chi connectivity index (χ0) is 30.4. The van der Waals surface area contributed by atoms with Gasteiger partial charge in [-0.05, 0) is 43.4 Å². The fourth-order valence-corrected chi connectivity index (χ4v) is 3.40. The number of carboxylic acid groups (broad SMARTS) is 4. The van der Waals surface area contributed by atoms with Crippen molar-refractivity contribution in [1.29, 1.82) is 0 Å². The van der Waals surface area contributed by atoms with E-state index in [1.807, 2.05) is 0 Å². The van der Waals surface area contributed by atoms with Crippen LogP contribution in [0.15, 0.2) is 24.3 Å². The summed E-state index contributed by atoms with van der Waals surface area (Å²) in [5.74, 6) is -8.57. The minimum atomic E-state index is -1.66. The molecule has 1 aromatic rings. The maximum absolute atomic E-state index is 13.0. The Kier molecular flexibility index (Phi) is 13.6. The van der Waals surface area contributed by atoms with Crippen LogP contribution >= 0.6 is 0 Å². The Morgan fingerprint density at radius 3 is 1.40 bits per heavy atom. The molecular formula is C24H32N4O12. The Labute approximate surface area is 227 Å². The number of phenols is 1. The maximum Gasteiger partial charge on any atom is 0.326 e. The first-order chi connectivity index (χ1) is 18.7. The fourth-order valence-electron chi connectivity index (χ4n) is 3.40. The van der Waals surface area contributed by atoms with Crippen molar-refractivity contribution >= 4 is 41.6 Å². The predicted octanol–water partition coefficient (Wildman–Crippen LogP) is -1.60. The van der Waals surface area contributed by atoms with Gasteiger partial charge in [0.25, 0.3) is 0 Å². The first-order valence-electron chi connectivity index (χ1n) is 12.0. The van der Waals surface area contributed by atoms with Gasteiger partial charge in [0.1, 0.15) is 23.9 Å². The van der Waals surface area contributed by atoms with E-state index in [0.29, 0.717) is 5.56 Å². The lowest BCUT2D eigenvalue weighted by Crippen LogP contribution is -2.57. The monoisotopic (exact) mass is 568 g/mol. The van der Waals surface area contributed by atoms with E-state index in [9.17, 15) is 43.8 Å². The van der Waals surface area contributed by atoms with Crippen molar-refractivity contribution in [3.8, 4) is 5.75 Å². The second kappa shape index (κ2) is 16.3. The predicted molar refractivity (Wildman–Crippen MR) is 134 cm³/mol. The van der Waals surface area contributed by atoms with E-state index in [-0.39, 0.29) is 12.2 Å². The number of carbonyl (C=O) groups excluding carboxylic acids is 3. The second-order valence-electron chi connectivity index (χ2n) is 8.80. The number of rotatable bonds is 18. The number of nitrogens with two attached hydrogens (primary N) is 1. The van der Waals surface area contributed by atoms with Crippen LogP contribution in [0.4, 0.5) is 0 Å². The summed E-state index contributed by atoms with van der Waals surface area (Å²) in [7, 11) is 0. The lowest BCUT2D eigenvalue weighted by Gasteiger charge is -2.25. The van der Waals surface area contributed by atoms with Crippen molar-refractivity contribution in [2.75, 3.05) is 0 Å². The average Bonchev–Trinajstić information content (AvgIpc) is 2.86. The van der Waals surface area contributed by atoms with Crippen LogP contribution in [0.3, 0.4) is 0 Å². The van der Waals surface area contributed by atoms with E-state index in [0.717, 1.165) is 0 Å². The molecule has 0 spiro atoms. The van der Waals surface area contributed by atoms with Gasteiger partial charge >= 0.3 is 23.9 Å². The Morgan fingerprint density at radius 2 is 1.00 bits per heavy atom.